The van der Waals surface area contributed by atoms with Crippen LogP contribution >= 0.6 is 0 Å². The number of ketones is 1. The number of benzene rings is 1. The SMILES string of the molecule is O=C1CCCc2cc(C(=O)N3CCCN(C(=O)N4CCOCC4)CC3)ccc21. The Hall–Kier alpha value is -2.41. The highest BCUT2D eigenvalue weighted by Gasteiger charge is 2.27. The van der Waals surface area contributed by atoms with Crippen LogP contribution in [0.15, 0.2) is 18.2 Å². The summed E-state index contributed by atoms with van der Waals surface area (Å²) in [5.41, 5.74) is 2.39. The van der Waals surface area contributed by atoms with E-state index in [1.807, 2.05) is 20.8 Å². The molecule has 4 rings (SSSR count). The number of hydrogen-bond acceptors (Lipinski definition) is 4. The van der Waals surface area contributed by atoms with E-state index < -0.39 is 0 Å². The van der Waals surface area contributed by atoms with Crippen molar-refractivity contribution in [3.63, 3.8) is 0 Å². The zero-order valence-electron chi connectivity index (χ0n) is 16.2. The van der Waals surface area contributed by atoms with Crippen LogP contribution < -0.4 is 0 Å². The first kappa shape index (κ1) is 18.9. The standard InChI is InChI=1S/C21H27N3O4/c25-19-4-1-3-16-15-17(5-6-18(16)19)20(26)22-7-2-8-23(10-9-22)21(27)24-11-13-28-14-12-24/h5-6,15H,1-4,7-14H2. The third-order valence-electron chi connectivity index (χ3n) is 5.84. The molecule has 1 aromatic carbocycles. The van der Waals surface area contributed by atoms with Gasteiger partial charge in [-0.1, -0.05) is 6.07 Å². The lowest BCUT2D eigenvalue weighted by molar-refractivity contribution is 0.0435. The highest BCUT2D eigenvalue weighted by atomic mass is 16.5. The Morgan fingerprint density at radius 3 is 2.36 bits per heavy atom. The van der Waals surface area contributed by atoms with E-state index in [9.17, 15) is 14.4 Å². The van der Waals surface area contributed by atoms with Gasteiger partial charge in [-0.2, -0.15) is 0 Å². The fourth-order valence-electron chi connectivity index (χ4n) is 4.23. The van der Waals surface area contributed by atoms with Gasteiger partial charge < -0.3 is 19.4 Å². The van der Waals surface area contributed by atoms with E-state index in [4.69, 9.17) is 4.74 Å². The molecular formula is C21H27N3O4. The lowest BCUT2D eigenvalue weighted by Gasteiger charge is -2.32. The first-order valence-electron chi connectivity index (χ1n) is 10.2. The number of Topliss-reactive ketones (excluding diaryl/α,β-unsaturated/α-hetero) is 1. The topological polar surface area (TPSA) is 70.2 Å². The van der Waals surface area contributed by atoms with Gasteiger partial charge >= 0.3 is 6.03 Å². The zero-order valence-corrected chi connectivity index (χ0v) is 16.2. The summed E-state index contributed by atoms with van der Waals surface area (Å²) >= 11 is 0. The Morgan fingerprint density at radius 2 is 1.54 bits per heavy atom. The van der Waals surface area contributed by atoms with Gasteiger partial charge in [0.05, 0.1) is 13.2 Å². The quantitative estimate of drug-likeness (QED) is 0.739. The second kappa shape index (κ2) is 8.31. The van der Waals surface area contributed by atoms with Gasteiger partial charge in [-0.3, -0.25) is 9.59 Å². The number of ether oxygens (including phenoxy) is 1. The van der Waals surface area contributed by atoms with Crippen molar-refractivity contribution < 1.29 is 19.1 Å². The maximum absolute atomic E-state index is 13.0. The van der Waals surface area contributed by atoms with Gasteiger partial charge in [0.1, 0.15) is 0 Å². The van der Waals surface area contributed by atoms with Gasteiger partial charge in [-0.15, -0.1) is 0 Å². The second-order valence-corrected chi connectivity index (χ2v) is 7.66. The van der Waals surface area contributed by atoms with Crippen molar-refractivity contribution in [3.8, 4) is 0 Å². The summed E-state index contributed by atoms with van der Waals surface area (Å²) in [5, 5.41) is 0. The van der Waals surface area contributed by atoms with Crippen molar-refractivity contribution in [2.24, 2.45) is 0 Å². The average Bonchev–Trinajstić information content (AvgIpc) is 2.99. The number of nitrogens with zero attached hydrogens (tertiary/aromatic N) is 3. The number of morpholine rings is 1. The molecule has 0 N–H and O–H groups in total. The number of carbonyl (C=O) groups excluding carboxylic acids is 3. The van der Waals surface area contributed by atoms with Crippen LogP contribution in [0.1, 0.15) is 45.5 Å². The van der Waals surface area contributed by atoms with Gasteiger partial charge in [0.2, 0.25) is 0 Å². The fraction of sp³-hybridized carbons (Fsp3) is 0.571. The third kappa shape index (κ3) is 3.90. The van der Waals surface area contributed by atoms with Gasteiger partial charge in [0.15, 0.2) is 5.78 Å². The monoisotopic (exact) mass is 385 g/mol. The van der Waals surface area contributed by atoms with E-state index in [1.165, 1.54) is 0 Å². The molecule has 7 nitrogen and oxygen atoms in total. The zero-order chi connectivity index (χ0) is 19.5. The second-order valence-electron chi connectivity index (χ2n) is 7.66. The normalized spacial score (nSPS) is 20.6. The summed E-state index contributed by atoms with van der Waals surface area (Å²) in [5.74, 6) is 0.161. The molecule has 3 amide bonds. The van der Waals surface area contributed by atoms with E-state index in [1.54, 1.807) is 12.1 Å². The van der Waals surface area contributed by atoms with Crippen molar-refractivity contribution in [2.75, 3.05) is 52.5 Å². The van der Waals surface area contributed by atoms with Crippen LogP contribution in [0.25, 0.3) is 0 Å². The molecule has 0 aromatic heterocycles. The summed E-state index contributed by atoms with van der Waals surface area (Å²) in [6, 6.07) is 5.50. The molecular weight excluding hydrogens is 358 g/mol. The molecule has 0 bridgehead atoms. The Balaban J connectivity index is 1.40. The molecule has 0 atom stereocenters. The average molecular weight is 385 g/mol. The number of amides is 3. The number of urea groups is 1. The van der Waals surface area contributed by atoms with Crippen molar-refractivity contribution in [2.45, 2.75) is 25.7 Å². The predicted octanol–water partition coefficient (Wildman–Crippen LogP) is 1.81. The molecule has 2 aliphatic heterocycles. The van der Waals surface area contributed by atoms with Crippen LogP contribution in [0, 0.1) is 0 Å². The maximum atomic E-state index is 13.0. The molecule has 3 aliphatic rings. The predicted molar refractivity (Wildman–Crippen MR) is 104 cm³/mol. The van der Waals surface area contributed by atoms with E-state index in [2.05, 4.69) is 0 Å². The van der Waals surface area contributed by atoms with Crippen LogP contribution in [0.3, 0.4) is 0 Å². The van der Waals surface area contributed by atoms with Crippen LogP contribution in [-0.2, 0) is 11.2 Å². The van der Waals surface area contributed by atoms with Crippen LogP contribution in [0.5, 0.6) is 0 Å². The van der Waals surface area contributed by atoms with Crippen molar-refractivity contribution in [1.29, 1.82) is 0 Å². The summed E-state index contributed by atoms with van der Waals surface area (Å²) in [7, 11) is 0. The van der Waals surface area contributed by atoms with Crippen molar-refractivity contribution >= 4 is 17.7 Å². The van der Waals surface area contributed by atoms with Gasteiger partial charge in [0, 0.05) is 56.8 Å². The highest BCUT2D eigenvalue weighted by Crippen LogP contribution is 2.23. The highest BCUT2D eigenvalue weighted by molar-refractivity contribution is 6.01. The Bertz CT molecular complexity index is 773. The van der Waals surface area contributed by atoms with E-state index in [0.29, 0.717) is 64.5 Å². The van der Waals surface area contributed by atoms with Crippen molar-refractivity contribution in [1.82, 2.24) is 14.7 Å². The molecule has 7 heteroatoms. The summed E-state index contributed by atoms with van der Waals surface area (Å²) in [6.45, 7) is 4.82. The van der Waals surface area contributed by atoms with Crippen LogP contribution in [0.2, 0.25) is 0 Å². The maximum Gasteiger partial charge on any atom is 0.320 e. The molecule has 0 radical (unpaired) electrons. The number of aryl methyl sites for hydroxylation is 1. The number of carbonyl (C=O) groups is 3. The summed E-state index contributed by atoms with van der Waals surface area (Å²) < 4.78 is 5.32. The first-order chi connectivity index (χ1) is 13.6. The number of fused-ring (bicyclic) bond motifs is 1. The molecule has 0 unspecified atom stereocenters. The minimum Gasteiger partial charge on any atom is -0.378 e. The lowest BCUT2D eigenvalue weighted by atomic mass is 9.89. The molecule has 0 saturated carbocycles. The molecule has 2 fully saturated rings. The Labute approximate surface area is 165 Å². The minimum atomic E-state index is -0.0125. The summed E-state index contributed by atoms with van der Waals surface area (Å²) in [6.07, 6.45) is 3.07. The Morgan fingerprint density at radius 1 is 0.821 bits per heavy atom. The van der Waals surface area contributed by atoms with E-state index in [-0.39, 0.29) is 17.7 Å². The molecule has 1 aliphatic carbocycles. The molecule has 2 heterocycles. The first-order valence-corrected chi connectivity index (χ1v) is 10.2. The minimum absolute atomic E-state index is 0.0125. The third-order valence-corrected chi connectivity index (χ3v) is 5.84. The van der Waals surface area contributed by atoms with Crippen molar-refractivity contribution in [3.05, 3.63) is 34.9 Å². The molecule has 1 aromatic rings. The largest absolute Gasteiger partial charge is 0.378 e. The van der Waals surface area contributed by atoms with Gasteiger partial charge in [-0.25, -0.2) is 4.79 Å². The lowest BCUT2D eigenvalue weighted by Crippen LogP contribution is -2.49. The molecule has 2 saturated heterocycles. The fourth-order valence-corrected chi connectivity index (χ4v) is 4.23. The molecule has 0 spiro atoms. The Kier molecular flexibility index (Phi) is 5.62. The number of rotatable bonds is 1. The van der Waals surface area contributed by atoms with Gasteiger partial charge in [0.25, 0.3) is 5.91 Å². The number of hydrogen-bond donors (Lipinski definition) is 0. The van der Waals surface area contributed by atoms with E-state index in [0.717, 1.165) is 30.4 Å². The van der Waals surface area contributed by atoms with Gasteiger partial charge in [-0.05, 0) is 37.0 Å². The van der Waals surface area contributed by atoms with Crippen LogP contribution in [0.4, 0.5) is 4.79 Å². The van der Waals surface area contributed by atoms with Crippen LogP contribution in [-0.4, -0.2) is 84.9 Å². The summed E-state index contributed by atoms with van der Waals surface area (Å²) in [4.78, 5) is 43.2. The molecule has 150 valence electrons. The smallest absolute Gasteiger partial charge is 0.320 e. The van der Waals surface area contributed by atoms with E-state index >= 15 is 0 Å². The molecule has 28 heavy (non-hydrogen) atoms.